The molecule has 0 aliphatic heterocycles. The molecule has 1 aliphatic rings. The minimum atomic E-state index is -0.448. The lowest BCUT2D eigenvalue weighted by molar-refractivity contribution is -0.128. The van der Waals surface area contributed by atoms with Crippen molar-refractivity contribution in [2.45, 2.75) is 26.2 Å². The number of carbonyl (C=O) groups excluding carboxylic acids is 1. The third kappa shape index (κ3) is 3.31. The van der Waals surface area contributed by atoms with Crippen molar-refractivity contribution < 1.29 is 14.3 Å². The van der Waals surface area contributed by atoms with Crippen molar-refractivity contribution in [1.29, 1.82) is 0 Å². The molecule has 3 heteroatoms. The zero-order valence-corrected chi connectivity index (χ0v) is 15.9. The van der Waals surface area contributed by atoms with Crippen molar-refractivity contribution in [3.05, 3.63) is 90.0 Å². The van der Waals surface area contributed by atoms with E-state index in [1.807, 2.05) is 54.6 Å². The zero-order chi connectivity index (χ0) is 19.5. The Morgan fingerprint density at radius 1 is 1.00 bits per heavy atom. The summed E-state index contributed by atoms with van der Waals surface area (Å²) in [4.78, 5) is 12.1. The molecule has 4 rings (SSSR count). The van der Waals surface area contributed by atoms with Gasteiger partial charge >= 0.3 is 5.97 Å². The Balaban J connectivity index is 1.96. The molecule has 0 spiro atoms. The van der Waals surface area contributed by atoms with E-state index in [-0.39, 0.29) is 0 Å². The molecule has 0 atom stereocenters. The SMILES string of the molecule is C=CC(=O)Oc1c2c(c(Oc3ccccc3)c3ccccc13)CC=C(CC)C2. The molecule has 0 N–H and O–H groups in total. The van der Waals surface area contributed by atoms with Gasteiger partial charge in [0.15, 0.2) is 0 Å². The highest BCUT2D eigenvalue weighted by Gasteiger charge is 2.25. The molecular formula is C25H22O3. The first-order valence-electron chi connectivity index (χ1n) is 9.52. The number of hydrogen-bond acceptors (Lipinski definition) is 3. The number of fused-ring (bicyclic) bond motifs is 2. The van der Waals surface area contributed by atoms with Crippen LogP contribution in [0.1, 0.15) is 24.5 Å². The molecule has 0 radical (unpaired) electrons. The van der Waals surface area contributed by atoms with Gasteiger partial charge in [0, 0.05) is 28.0 Å². The first kappa shape index (κ1) is 18.1. The monoisotopic (exact) mass is 370 g/mol. The highest BCUT2D eigenvalue weighted by molar-refractivity contribution is 5.99. The van der Waals surface area contributed by atoms with Crippen LogP contribution in [-0.4, -0.2) is 5.97 Å². The Bertz CT molecular complexity index is 1080. The van der Waals surface area contributed by atoms with Gasteiger partial charge in [0.2, 0.25) is 0 Å². The summed E-state index contributed by atoms with van der Waals surface area (Å²) in [6.45, 7) is 5.69. The second kappa shape index (κ2) is 7.73. The molecule has 0 bridgehead atoms. The number of esters is 1. The predicted octanol–water partition coefficient (Wildman–Crippen LogP) is 6.16. The topological polar surface area (TPSA) is 35.5 Å². The minimum Gasteiger partial charge on any atom is -0.456 e. The summed E-state index contributed by atoms with van der Waals surface area (Å²) in [5.74, 6) is 1.80. The third-order valence-electron chi connectivity index (χ3n) is 5.11. The maximum absolute atomic E-state index is 12.1. The van der Waals surface area contributed by atoms with Gasteiger partial charge in [-0.1, -0.05) is 67.6 Å². The van der Waals surface area contributed by atoms with E-state index in [0.29, 0.717) is 5.75 Å². The lowest BCUT2D eigenvalue weighted by Crippen LogP contribution is -2.12. The summed E-state index contributed by atoms with van der Waals surface area (Å²) in [5, 5.41) is 1.81. The van der Waals surface area contributed by atoms with E-state index in [1.165, 1.54) is 11.6 Å². The first-order chi connectivity index (χ1) is 13.7. The number of allylic oxidation sites excluding steroid dienone is 2. The Morgan fingerprint density at radius 2 is 1.68 bits per heavy atom. The van der Waals surface area contributed by atoms with Crippen molar-refractivity contribution in [2.24, 2.45) is 0 Å². The van der Waals surface area contributed by atoms with Crippen LogP contribution in [0.15, 0.2) is 78.9 Å². The first-order valence-corrected chi connectivity index (χ1v) is 9.52. The van der Waals surface area contributed by atoms with Gasteiger partial charge in [0.05, 0.1) is 0 Å². The average molecular weight is 370 g/mol. The van der Waals surface area contributed by atoms with Gasteiger partial charge in [-0.2, -0.15) is 0 Å². The number of benzene rings is 3. The fourth-order valence-corrected chi connectivity index (χ4v) is 3.68. The van der Waals surface area contributed by atoms with Gasteiger partial charge in [-0.25, -0.2) is 4.79 Å². The number of rotatable bonds is 5. The number of para-hydroxylation sites is 1. The minimum absolute atomic E-state index is 0.448. The molecule has 0 heterocycles. The number of hydrogen-bond donors (Lipinski definition) is 0. The van der Waals surface area contributed by atoms with Crippen LogP contribution in [0.5, 0.6) is 17.2 Å². The van der Waals surface area contributed by atoms with Crippen LogP contribution < -0.4 is 9.47 Å². The van der Waals surface area contributed by atoms with E-state index >= 15 is 0 Å². The van der Waals surface area contributed by atoms with Crippen LogP contribution in [-0.2, 0) is 17.6 Å². The van der Waals surface area contributed by atoms with Crippen LogP contribution >= 0.6 is 0 Å². The number of ether oxygens (including phenoxy) is 2. The number of carbonyl (C=O) groups is 1. The summed E-state index contributed by atoms with van der Waals surface area (Å²) in [6.07, 6.45) is 5.94. The molecule has 3 nitrogen and oxygen atoms in total. The molecule has 0 saturated carbocycles. The van der Waals surface area contributed by atoms with E-state index in [9.17, 15) is 4.79 Å². The summed E-state index contributed by atoms with van der Waals surface area (Å²) < 4.78 is 12.1. The normalized spacial score (nSPS) is 12.8. The summed E-state index contributed by atoms with van der Waals surface area (Å²) in [6, 6.07) is 17.7. The van der Waals surface area contributed by atoms with Crippen LogP contribution in [0.4, 0.5) is 0 Å². The standard InChI is InChI=1S/C25H22O3/c1-3-17-14-15-21-22(16-17)25(28-23(26)4-2)20-13-9-8-12-19(20)24(21)27-18-10-6-5-7-11-18/h4-14H,2-3,15-16H2,1H3. The summed E-state index contributed by atoms with van der Waals surface area (Å²) >= 11 is 0. The van der Waals surface area contributed by atoms with Gasteiger partial charge in [0.1, 0.15) is 17.2 Å². The summed E-state index contributed by atoms with van der Waals surface area (Å²) in [5.41, 5.74) is 3.44. The quantitative estimate of drug-likeness (QED) is 0.234. The third-order valence-corrected chi connectivity index (χ3v) is 5.11. The molecule has 3 aromatic carbocycles. The average Bonchev–Trinajstić information content (AvgIpc) is 2.76. The molecule has 0 saturated heterocycles. The molecular weight excluding hydrogens is 348 g/mol. The van der Waals surface area contributed by atoms with Crippen molar-refractivity contribution in [3.8, 4) is 17.2 Å². The highest BCUT2D eigenvalue weighted by atomic mass is 16.5. The fraction of sp³-hybridized carbons (Fsp3) is 0.160. The van der Waals surface area contributed by atoms with Gasteiger partial charge in [-0.3, -0.25) is 0 Å². The van der Waals surface area contributed by atoms with E-state index in [2.05, 4.69) is 19.6 Å². The van der Waals surface area contributed by atoms with Gasteiger partial charge in [0.25, 0.3) is 0 Å². The van der Waals surface area contributed by atoms with Gasteiger partial charge in [-0.15, -0.1) is 0 Å². The molecule has 3 aromatic rings. The second-order valence-electron chi connectivity index (χ2n) is 6.80. The van der Waals surface area contributed by atoms with Gasteiger partial charge < -0.3 is 9.47 Å². The lowest BCUT2D eigenvalue weighted by Gasteiger charge is -2.24. The van der Waals surface area contributed by atoms with E-state index < -0.39 is 5.97 Å². The molecule has 0 unspecified atom stereocenters. The zero-order valence-electron chi connectivity index (χ0n) is 15.9. The summed E-state index contributed by atoms with van der Waals surface area (Å²) in [7, 11) is 0. The Kier molecular flexibility index (Phi) is 4.98. The Morgan fingerprint density at radius 3 is 2.36 bits per heavy atom. The molecule has 28 heavy (non-hydrogen) atoms. The maximum atomic E-state index is 12.1. The van der Waals surface area contributed by atoms with Gasteiger partial charge in [-0.05, 0) is 31.4 Å². The van der Waals surface area contributed by atoms with Crippen molar-refractivity contribution >= 4 is 16.7 Å². The van der Waals surface area contributed by atoms with Crippen LogP contribution in [0.2, 0.25) is 0 Å². The van der Waals surface area contributed by atoms with Crippen LogP contribution in [0, 0.1) is 0 Å². The van der Waals surface area contributed by atoms with Crippen molar-refractivity contribution in [2.75, 3.05) is 0 Å². The fourth-order valence-electron chi connectivity index (χ4n) is 3.68. The van der Waals surface area contributed by atoms with Crippen LogP contribution in [0.3, 0.4) is 0 Å². The van der Waals surface area contributed by atoms with Crippen LogP contribution in [0.25, 0.3) is 10.8 Å². The Hall–Kier alpha value is -3.33. The Labute approximate surface area is 164 Å². The maximum Gasteiger partial charge on any atom is 0.335 e. The van der Waals surface area contributed by atoms with Crippen molar-refractivity contribution in [1.82, 2.24) is 0 Å². The van der Waals surface area contributed by atoms with Crippen molar-refractivity contribution in [3.63, 3.8) is 0 Å². The molecule has 0 aromatic heterocycles. The van der Waals surface area contributed by atoms with E-state index in [1.54, 1.807) is 0 Å². The smallest absolute Gasteiger partial charge is 0.335 e. The molecule has 0 amide bonds. The second-order valence-corrected chi connectivity index (χ2v) is 6.80. The molecule has 1 aliphatic carbocycles. The largest absolute Gasteiger partial charge is 0.456 e. The molecule has 0 fully saturated rings. The van der Waals surface area contributed by atoms with E-state index in [0.717, 1.165) is 52.7 Å². The highest BCUT2D eigenvalue weighted by Crippen LogP contribution is 2.45. The molecule has 140 valence electrons. The predicted molar refractivity (Wildman–Crippen MR) is 112 cm³/mol. The lowest BCUT2D eigenvalue weighted by atomic mass is 9.86. The van der Waals surface area contributed by atoms with E-state index in [4.69, 9.17) is 9.47 Å².